The Morgan fingerprint density at radius 3 is 2.56 bits per heavy atom. The summed E-state index contributed by atoms with van der Waals surface area (Å²) in [6.45, 7) is 0. The van der Waals surface area contributed by atoms with Gasteiger partial charge in [-0.2, -0.15) is 5.10 Å². The van der Waals surface area contributed by atoms with Gasteiger partial charge in [0.2, 0.25) is 0 Å². The van der Waals surface area contributed by atoms with Crippen molar-refractivity contribution in [1.29, 1.82) is 0 Å². The highest BCUT2D eigenvalue weighted by Gasteiger charge is 2.16. The van der Waals surface area contributed by atoms with E-state index in [1.165, 1.54) is 0 Å². The first-order valence-corrected chi connectivity index (χ1v) is 6.39. The van der Waals surface area contributed by atoms with E-state index in [1.807, 2.05) is 31.3 Å². The number of methoxy groups -OCH3 is 1. The molecule has 18 heavy (non-hydrogen) atoms. The van der Waals surface area contributed by atoms with E-state index in [1.54, 1.807) is 18.0 Å². The van der Waals surface area contributed by atoms with E-state index in [-0.39, 0.29) is 0 Å². The third kappa shape index (κ3) is 2.73. The Morgan fingerprint density at radius 1 is 1.39 bits per heavy atom. The Balaban J connectivity index is 2.13. The molecule has 1 aromatic carbocycles. The summed E-state index contributed by atoms with van der Waals surface area (Å²) in [7, 11) is 3.45. The van der Waals surface area contributed by atoms with Crippen LogP contribution in [-0.2, 0) is 13.5 Å². The minimum atomic E-state index is -0.583. The fraction of sp³-hybridized carbons (Fsp3) is 0.308. The highest BCUT2D eigenvalue weighted by molar-refractivity contribution is 9.10. The normalized spacial score (nSPS) is 12.4. The van der Waals surface area contributed by atoms with Crippen LogP contribution < -0.4 is 4.74 Å². The summed E-state index contributed by atoms with van der Waals surface area (Å²) in [6, 6.07) is 7.68. The predicted molar refractivity (Wildman–Crippen MR) is 72.6 cm³/mol. The van der Waals surface area contributed by atoms with E-state index < -0.39 is 6.10 Å². The van der Waals surface area contributed by atoms with Crippen LogP contribution in [-0.4, -0.2) is 22.0 Å². The number of nitrogens with zero attached hydrogens (tertiary/aromatic N) is 2. The molecule has 0 spiro atoms. The van der Waals surface area contributed by atoms with Crippen LogP contribution in [0.4, 0.5) is 0 Å². The number of hydrogen-bond donors (Lipinski definition) is 1. The van der Waals surface area contributed by atoms with Gasteiger partial charge in [0.15, 0.2) is 0 Å². The van der Waals surface area contributed by atoms with Crippen molar-refractivity contribution in [3.8, 4) is 5.75 Å². The molecule has 0 fully saturated rings. The highest BCUT2D eigenvalue weighted by Crippen LogP contribution is 2.25. The van der Waals surface area contributed by atoms with Crippen LogP contribution in [0.25, 0.3) is 0 Å². The lowest BCUT2D eigenvalue weighted by Crippen LogP contribution is -2.08. The smallest absolute Gasteiger partial charge is 0.118 e. The molecule has 1 atom stereocenters. The molecule has 1 N–H and O–H groups in total. The van der Waals surface area contributed by atoms with Crippen molar-refractivity contribution in [3.05, 3.63) is 46.2 Å². The molecule has 4 nitrogen and oxygen atoms in total. The number of aromatic nitrogens is 2. The minimum absolute atomic E-state index is 0.544. The van der Waals surface area contributed by atoms with Crippen LogP contribution in [0, 0.1) is 0 Å². The van der Waals surface area contributed by atoms with Gasteiger partial charge in [-0.1, -0.05) is 12.1 Å². The van der Waals surface area contributed by atoms with Crippen LogP contribution in [0.5, 0.6) is 5.75 Å². The first-order valence-electron chi connectivity index (χ1n) is 5.60. The van der Waals surface area contributed by atoms with Crippen molar-refractivity contribution >= 4 is 15.9 Å². The third-order valence-corrected chi connectivity index (χ3v) is 3.45. The van der Waals surface area contributed by atoms with Crippen LogP contribution in [0.1, 0.15) is 17.4 Å². The van der Waals surface area contributed by atoms with Gasteiger partial charge in [-0.3, -0.25) is 4.68 Å². The van der Waals surface area contributed by atoms with Gasteiger partial charge in [0, 0.05) is 13.5 Å². The van der Waals surface area contributed by atoms with E-state index in [0.29, 0.717) is 6.42 Å². The Labute approximate surface area is 114 Å². The highest BCUT2D eigenvalue weighted by atomic mass is 79.9. The number of hydrogen-bond acceptors (Lipinski definition) is 3. The number of aliphatic hydroxyl groups excluding tert-OH is 1. The lowest BCUT2D eigenvalue weighted by molar-refractivity contribution is 0.167. The summed E-state index contributed by atoms with van der Waals surface area (Å²) in [5.41, 5.74) is 1.84. The van der Waals surface area contributed by atoms with Crippen molar-refractivity contribution in [1.82, 2.24) is 9.78 Å². The van der Waals surface area contributed by atoms with Gasteiger partial charge < -0.3 is 9.84 Å². The van der Waals surface area contributed by atoms with Crippen LogP contribution in [0.3, 0.4) is 0 Å². The van der Waals surface area contributed by atoms with Crippen LogP contribution >= 0.6 is 15.9 Å². The van der Waals surface area contributed by atoms with Gasteiger partial charge in [-0.05, 0) is 33.6 Å². The molecule has 0 aliphatic rings. The molecule has 1 heterocycles. The lowest BCUT2D eigenvalue weighted by atomic mass is 10.1. The van der Waals surface area contributed by atoms with Gasteiger partial charge in [0.25, 0.3) is 0 Å². The standard InChI is InChI=1S/C13H15BrN2O2/c1-16-13(11(14)8-15-16)12(17)7-9-3-5-10(18-2)6-4-9/h3-6,8,12,17H,7H2,1-2H3. The summed E-state index contributed by atoms with van der Waals surface area (Å²) >= 11 is 3.39. The Hall–Kier alpha value is -1.33. The predicted octanol–water partition coefficient (Wildman–Crippen LogP) is 2.47. The lowest BCUT2D eigenvalue weighted by Gasteiger charge is -2.12. The molecule has 5 heteroatoms. The maximum Gasteiger partial charge on any atom is 0.118 e. The molecule has 0 saturated heterocycles. The van der Waals surface area contributed by atoms with Gasteiger partial charge >= 0.3 is 0 Å². The summed E-state index contributed by atoms with van der Waals surface area (Å²) < 4.78 is 7.60. The monoisotopic (exact) mass is 310 g/mol. The average molecular weight is 311 g/mol. The molecule has 0 bridgehead atoms. The van der Waals surface area contributed by atoms with Crippen LogP contribution in [0.15, 0.2) is 34.9 Å². The molecule has 2 aromatic rings. The van der Waals surface area contributed by atoms with Gasteiger partial charge in [0.05, 0.1) is 23.5 Å². The van der Waals surface area contributed by atoms with Crippen molar-refractivity contribution in [2.45, 2.75) is 12.5 Å². The zero-order valence-electron chi connectivity index (χ0n) is 10.3. The zero-order chi connectivity index (χ0) is 13.1. The average Bonchev–Trinajstić information content (AvgIpc) is 2.70. The third-order valence-electron chi connectivity index (χ3n) is 2.84. The van der Waals surface area contributed by atoms with Crippen molar-refractivity contribution in [2.75, 3.05) is 7.11 Å². The van der Waals surface area contributed by atoms with Gasteiger partial charge in [-0.25, -0.2) is 0 Å². The SMILES string of the molecule is COc1ccc(CC(O)c2c(Br)cnn2C)cc1. The van der Waals surface area contributed by atoms with E-state index in [9.17, 15) is 5.11 Å². The fourth-order valence-corrected chi connectivity index (χ4v) is 2.49. The van der Waals surface area contributed by atoms with Crippen molar-refractivity contribution < 1.29 is 9.84 Å². The zero-order valence-corrected chi connectivity index (χ0v) is 11.9. The van der Waals surface area contributed by atoms with Gasteiger partial charge in [-0.15, -0.1) is 0 Å². The van der Waals surface area contributed by atoms with E-state index in [4.69, 9.17) is 4.74 Å². The molecule has 96 valence electrons. The molecule has 0 aliphatic carbocycles. The van der Waals surface area contributed by atoms with E-state index in [0.717, 1.165) is 21.5 Å². The second kappa shape index (κ2) is 5.54. The molecule has 0 radical (unpaired) electrons. The Morgan fingerprint density at radius 2 is 2.06 bits per heavy atom. The molecule has 0 saturated carbocycles. The first-order chi connectivity index (χ1) is 8.61. The number of aryl methyl sites for hydroxylation is 1. The second-order valence-electron chi connectivity index (χ2n) is 4.07. The number of rotatable bonds is 4. The summed E-state index contributed by atoms with van der Waals surface area (Å²) in [6.07, 6.45) is 1.65. The number of ether oxygens (including phenoxy) is 1. The number of benzene rings is 1. The van der Waals surface area contributed by atoms with Gasteiger partial charge in [0.1, 0.15) is 11.9 Å². The second-order valence-corrected chi connectivity index (χ2v) is 4.92. The molecule has 1 unspecified atom stereocenters. The van der Waals surface area contributed by atoms with E-state index in [2.05, 4.69) is 21.0 Å². The topological polar surface area (TPSA) is 47.3 Å². The Kier molecular flexibility index (Phi) is 4.04. The fourth-order valence-electron chi connectivity index (χ4n) is 1.88. The summed E-state index contributed by atoms with van der Waals surface area (Å²) in [5.74, 6) is 0.815. The first kappa shape index (κ1) is 13.1. The molecule has 1 aromatic heterocycles. The van der Waals surface area contributed by atoms with Crippen molar-refractivity contribution in [3.63, 3.8) is 0 Å². The van der Waals surface area contributed by atoms with E-state index >= 15 is 0 Å². The molecular weight excluding hydrogens is 296 g/mol. The molecule has 2 rings (SSSR count). The molecule has 0 amide bonds. The molecule has 0 aliphatic heterocycles. The Bertz CT molecular complexity index is 503. The maximum atomic E-state index is 10.2. The number of aliphatic hydroxyl groups is 1. The molecular formula is C13H15BrN2O2. The maximum absolute atomic E-state index is 10.2. The van der Waals surface area contributed by atoms with Crippen LogP contribution in [0.2, 0.25) is 0 Å². The van der Waals surface area contributed by atoms with Crippen molar-refractivity contribution in [2.24, 2.45) is 7.05 Å². The summed E-state index contributed by atoms with van der Waals surface area (Å²) in [4.78, 5) is 0. The summed E-state index contributed by atoms with van der Waals surface area (Å²) in [5, 5.41) is 14.3. The largest absolute Gasteiger partial charge is 0.497 e. The number of halogens is 1. The quantitative estimate of drug-likeness (QED) is 0.943. The minimum Gasteiger partial charge on any atom is -0.497 e.